The molecule has 0 radical (unpaired) electrons. The summed E-state index contributed by atoms with van der Waals surface area (Å²) in [6, 6.07) is 7.86. The van der Waals surface area contributed by atoms with Gasteiger partial charge >= 0.3 is 0 Å². The van der Waals surface area contributed by atoms with Gasteiger partial charge in [-0.15, -0.1) is 0 Å². The molecular weight excluding hydrogens is 176 g/mol. The number of nitrogens with zero attached hydrogens (tertiary/aromatic N) is 1. The van der Waals surface area contributed by atoms with Crippen molar-refractivity contribution in [2.75, 3.05) is 7.11 Å². The number of aromatic nitrogens is 1. The highest BCUT2D eigenvalue weighted by molar-refractivity contribution is 5.91. The SMILES string of the molecule is COc1cccc2c(C#N)c(C)[nH]c12. The number of nitriles is 1. The Hall–Kier alpha value is -1.95. The van der Waals surface area contributed by atoms with Crippen LogP contribution in [-0.4, -0.2) is 12.1 Å². The van der Waals surface area contributed by atoms with Crippen LogP contribution in [0.3, 0.4) is 0 Å². The van der Waals surface area contributed by atoms with Gasteiger partial charge in [0.1, 0.15) is 11.8 Å². The largest absolute Gasteiger partial charge is 0.495 e. The molecule has 1 aromatic carbocycles. The summed E-state index contributed by atoms with van der Waals surface area (Å²) >= 11 is 0. The van der Waals surface area contributed by atoms with Crippen molar-refractivity contribution in [1.29, 1.82) is 5.26 Å². The molecule has 1 N–H and O–H groups in total. The van der Waals surface area contributed by atoms with Crippen molar-refractivity contribution in [3.63, 3.8) is 0 Å². The maximum atomic E-state index is 8.96. The number of hydrogen-bond donors (Lipinski definition) is 1. The van der Waals surface area contributed by atoms with Crippen molar-refractivity contribution in [2.45, 2.75) is 6.92 Å². The number of hydrogen-bond acceptors (Lipinski definition) is 2. The number of ether oxygens (including phenoxy) is 1. The summed E-state index contributed by atoms with van der Waals surface area (Å²) < 4.78 is 5.20. The summed E-state index contributed by atoms with van der Waals surface area (Å²) in [5.41, 5.74) is 2.47. The third-order valence-corrected chi connectivity index (χ3v) is 2.31. The van der Waals surface area contributed by atoms with Crippen LogP contribution in [0.25, 0.3) is 10.9 Å². The Labute approximate surface area is 81.9 Å². The minimum Gasteiger partial charge on any atom is -0.495 e. The first-order valence-corrected chi connectivity index (χ1v) is 4.33. The fraction of sp³-hybridized carbons (Fsp3) is 0.182. The highest BCUT2D eigenvalue weighted by Gasteiger charge is 2.10. The number of fused-ring (bicyclic) bond motifs is 1. The maximum absolute atomic E-state index is 8.96. The van der Waals surface area contributed by atoms with Crippen LogP contribution in [0, 0.1) is 18.3 Å². The van der Waals surface area contributed by atoms with E-state index in [2.05, 4.69) is 11.1 Å². The Kier molecular flexibility index (Phi) is 1.90. The zero-order valence-electron chi connectivity index (χ0n) is 8.09. The predicted molar refractivity (Wildman–Crippen MR) is 54.3 cm³/mol. The molecule has 0 saturated carbocycles. The van der Waals surface area contributed by atoms with Crippen molar-refractivity contribution >= 4 is 10.9 Å². The molecule has 0 amide bonds. The monoisotopic (exact) mass is 186 g/mol. The van der Waals surface area contributed by atoms with E-state index in [-0.39, 0.29) is 0 Å². The molecule has 3 heteroatoms. The van der Waals surface area contributed by atoms with Gasteiger partial charge in [0, 0.05) is 11.1 Å². The number of methoxy groups -OCH3 is 1. The van der Waals surface area contributed by atoms with Crippen LogP contribution in [0.1, 0.15) is 11.3 Å². The Balaban J connectivity index is 2.87. The molecule has 0 atom stereocenters. The van der Waals surface area contributed by atoms with Gasteiger partial charge < -0.3 is 9.72 Å². The van der Waals surface area contributed by atoms with Crippen LogP contribution in [0.15, 0.2) is 18.2 Å². The second kappa shape index (κ2) is 3.08. The first-order chi connectivity index (χ1) is 6.77. The second-order valence-electron chi connectivity index (χ2n) is 3.12. The van der Waals surface area contributed by atoms with Gasteiger partial charge in [-0.2, -0.15) is 5.26 Å². The van der Waals surface area contributed by atoms with Crippen LogP contribution in [0.5, 0.6) is 5.75 Å². The van der Waals surface area contributed by atoms with E-state index in [1.165, 1.54) is 0 Å². The van der Waals surface area contributed by atoms with Gasteiger partial charge in [-0.05, 0) is 13.0 Å². The van der Waals surface area contributed by atoms with Crippen LogP contribution < -0.4 is 4.74 Å². The van der Waals surface area contributed by atoms with Crippen molar-refractivity contribution < 1.29 is 4.74 Å². The normalized spacial score (nSPS) is 10.1. The standard InChI is InChI=1S/C11H10N2O/c1-7-9(6-12)8-4-3-5-10(14-2)11(8)13-7/h3-5,13H,1-2H3. The first kappa shape index (κ1) is 8.64. The third-order valence-electron chi connectivity index (χ3n) is 2.31. The summed E-state index contributed by atoms with van der Waals surface area (Å²) in [6.07, 6.45) is 0. The van der Waals surface area contributed by atoms with E-state index in [1.54, 1.807) is 7.11 Å². The van der Waals surface area contributed by atoms with Crippen LogP contribution in [0.2, 0.25) is 0 Å². The lowest BCUT2D eigenvalue weighted by atomic mass is 10.1. The second-order valence-corrected chi connectivity index (χ2v) is 3.12. The van der Waals surface area contributed by atoms with Gasteiger partial charge in [-0.3, -0.25) is 0 Å². The third kappa shape index (κ3) is 1.05. The summed E-state index contributed by atoms with van der Waals surface area (Å²) in [6.45, 7) is 1.89. The zero-order chi connectivity index (χ0) is 10.1. The predicted octanol–water partition coefficient (Wildman–Crippen LogP) is 2.36. The Bertz CT molecular complexity index is 520. The lowest BCUT2D eigenvalue weighted by Gasteiger charge is -1.99. The highest BCUT2D eigenvalue weighted by Crippen LogP contribution is 2.28. The van der Waals surface area contributed by atoms with Gasteiger partial charge in [-0.25, -0.2) is 0 Å². The first-order valence-electron chi connectivity index (χ1n) is 4.33. The molecule has 0 spiro atoms. The van der Waals surface area contributed by atoms with Crippen LogP contribution >= 0.6 is 0 Å². The molecule has 0 aliphatic rings. The van der Waals surface area contributed by atoms with Gasteiger partial charge in [0.15, 0.2) is 0 Å². The number of aryl methyl sites for hydroxylation is 1. The van der Waals surface area contributed by atoms with Gasteiger partial charge in [0.2, 0.25) is 0 Å². The average Bonchev–Trinajstić information content (AvgIpc) is 2.52. The van der Waals surface area contributed by atoms with Crippen LogP contribution in [-0.2, 0) is 0 Å². The summed E-state index contributed by atoms with van der Waals surface area (Å²) in [4.78, 5) is 3.15. The smallest absolute Gasteiger partial charge is 0.142 e. The molecule has 1 aromatic heterocycles. The molecule has 14 heavy (non-hydrogen) atoms. The molecule has 1 heterocycles. The Morgan fingerprint density at radius 3 is 2.86 bits per heavy atom. The molecule has 0 fully saturated rings. The lowest BCUT2D eigenvalue weighted by molar-refractivity contribution is 0.419. The fourth-order valence-corrected chi connectivity index (χ4v) is 1.63. The fourth-order valence-electron chi connectivity index (χ4n) is 1.63. The zero-order valence-corrected chi connectivity index (χ0v) is 8.09. The number of rotatable bonds is 1. The van der Waals surface area contributed by atoms with Crippen LogP contribution in [0.4, 0.5) is 0 Å². The topological polar surface area (TPSA) is 48.8 Å². The van der Waals surface area contributed by atoms with E-state index in [0.717, 1.165) is 22.3 Å². The lowest BCUT2D eigenvalue weighted by Crippen LogP contribution is -1.83. The van der Waals surface area contributed by atoms with E-state index in [0.29, 0.717) is 5.56 Å². The maximum Gasteiger partial charge on any atom is 0.142 e. The quantitative estimate of drug-likeness (QED) is 0.743. The summed E-state index contributed by atoms with van der Waals surface area (Å²) in [5, 5.41) is 9.88. The number of benzene rings is 1. The molecule has 0 saturated heterocycles. The van der Waals surface area contributed by atoms with E-state index in [1.807, 2.05) is 25.1 Å². The number of aromatic amines is 1. The molecule has 0 unspecified atom stereocenters. The molecule has 2 aromatic rings. The number of nitrogens with one attached hydrogen (secondary N) is 1. The molecule has 3 nitrogen and oxygen atoms in total. The summed E-state index contributed by atoms with van der Waals surface area (Å²) in [5.74, 6) is 0.770. The number of para-hydroxylation sites is 1. The van der Waals surface area contributed by atoms with E-state index in [9.17, 15) is 0 Å². The minimum atomic E-state index is 0.693. The number of H-pyrrole nitrogens is 1. The average molecular weight is 186 g/mol. The molecule has 2 rings (SSSR count). The molecule has 0 bridgehead atoms. The Morgan fingerprint density at radius 2 is 2.21 bits per heavy atom. The van der Waals surface area contributed by atoms with Gasteiger partial charge in [0.05, 0.1) is 18.2 Å². The van der Waals surface area contributed by atoms with E-state index >= 15 is 0 Å². The molecule has 70 valence electrons. The minimum absolute atomic E-state index is 0.693. The van der Waals surface area contributed by atoms with Gasteiger partial charge in [0.25, 0.3) is 0 Å². The van der Waals surface area contributed by atoms with E-state index in [4.69, 9.17) is 10.00 Å². The van der Waals surface area contributed by atoms with E-state index < -0.39 is 0 Å². The molecule has 0 aliphatic carbocycles. The highest BCUT2D eigenvalue weighted by atomic mass is 16.5. The van der Waals surface area contributed by atoms with Crippen molar-refractivity contribution in [3.8, 4) is 11.8 Å². The van der Waals surface area contributed by atoms with Crippen molar-refractivity contribution in [1.82, 2.24) is 4.98 Å². The van der Waals surface area contributed by atoms with Crippen molar-refractivity contribution in [3.05, 3.63) is 29.5 Å². The molecule has 0 aliphatic heterocycles. The summed E-state index contributed by atoms with van der Waals surface area (Å²) in [7, 11) is 1.62. The van der Waals surface area contributed by atoms with Crippen molar-refractivity contribution in [2.24, 2.45) is 0 Å². The Morgan fingerprint density at radius 1 is 1.43 bits per heavy atom. The van der Waals surface area contributed by atoms with Gasteiger partial charge in [-0.1, -0.05) is 12.1 Å². The molecular formula is C11H10N2O.